The number of nitriles is 1. The Morgan fingerprint density at radius 3 is 2.05 bits per heavy atom. The van der Waals surface area contributed by atoms with Gasteiger partial charge in [0.05, 0.1) is 11.1 Å². The molecule has 0 aromatic heterocycles. The quantitative estimate of drug-likeness (QED) is 0.427. The first kappa shape index (κ1) is 30.0. The van der Waals surface area contributed by atoms with Crippen molar-refractivity contribution in [3.05, 3.63) is 70.2 Å². The highest BCUT2D eigenvalue weighted by molar-refractivity contribution is 6.30. The van der Waals surface area contributed by atoms with Crippen molar-refractivity contribution in [2.75, 3.05) is 0 Å². The van der Waals surface area contributed by atoms with Gasteiger partial charge in [0.15, 0.2) is 0 Å². The number of benzene rings is 2. The normalized spacial score (nSPS) is 23.5. The molecule has 1 saturated heterocycles. The lowest BCUT2D eigenvalue weighted by Crippen LogP contribution is -2.44. The summed E-state index contributed by atoms with van der Waals surface area (Å²) in [7, 11) is 0. The van der Waals surface area contributed by atoms with Gasteiger partial charge in [-0.2, -0.15) is 18.4 Å². The van der Waals surface area contributed by atoms with Gasteiger partial charge >= 0.3 is 18.1 Å². The summed E-state index contributed by atoms with van der Waals surface area (Å²) in [5.74, 6) is -6.26. The molecule has 1 heterocycles. The number of nitrogens with one attached hydrogen (secondary N) is 1. The van der Waals surface area contributed by atoms with Crippen LogP contribution in [0.3, 0.4) is 0 Å². The van der Waals surface area contributed by atoms with Crippen LogP contribution in [0.15, 0.2) is 42.5 Å². The summed E-state index contributed by atoms with van der Waals surface area (Å²) < 4.78 is 60.5. The van der Waals surface area contributed by atoms with Crippen LogP contribution in [0.4, 0.5) is 22.0 Å². The molecule has 1 aliphatic heterocycles. The molecule has 12 heteroatoms. The van der Waals surface area contributed by atoms with Crippen LogP contribution in [0.1, 0.15) is 44.2 Å². The minimum absolute atomic E-state index is 0.0460. The van der Waals surface area contributed by atoms with Gasteiger partial charge in [-0.25, -0.2) is 13.6 Å². The maximum Gasteiger partial charge on any atom is 0.490 e. The molecule has 0 aliphatic carbocycles. The van der Waals surface area contributed by atoms with Gasteiger partial charge in [-0.15, -0.1) is 0 Å². The minimum atomic E-state index is -5.08. The van der Waals surface area contributed by atoms with Crippen molar-refractivity contribution >= 4 is 23.5 Å². The molecule has 1 fully saturated rings. The number of carbonyl (C=O) groups is 2. The molecule has 1 aliphatic rings. The Balaban J connectivity index is 0.000000604. The Bertz CT molecular complexity index is 1190. The summed E-state index contributed by atoms with van der Waals surface area (Å²) in [4.78, 5) is 21.1. The average molecular weight is 547 g/mol. The first-order valence-electron chi connectivity index (χ1n) is 10.9. The van der Waals surface area contributed by atoms with Crippen molar-refractivity contribution < 1.29 is 41.8 Å². The average Bonchev–Trinajstić information content (AvgIpc) is 3.09. The lowest BCUT2D eigenvalue weighted by atomic mass is 9.63. The lowest BCUT2D eigenvalue weighted by Gasteiger charge is -2.37. The van der Waals surface area contributed by atoms with Crippen LogP contribution >= 0.6 is 11.6 Å². The van der Waals surface area contributed by atoms with Gasteiger partial charge in [-0.3, -0.25) is 10.1 Å². The standard InChI is InChI=1S/C23H23ClF2N2O2.C2HF3O2/c1-22(2,3)11-17-23(12-27,13-7-9-14(25)10-8-13)18(20(28-17)21(29)30)15-5-4-6-16(24)19(15)26;3-2(4,5)1(6)7/h4-10,17-18,20,28H,11H2,1-3H3,(H,29,30);(H,6,7)/t17-,18-,20+,23-;/m0./s1. The van der Waals surface area contributed by atoms with Gasteiger partial charge in [0, 0.05) is 12.0 Å². The van der Waals surface area contributed by atoms with Gasteiger partial charge < -0.3 is 10.2 Å². The molecule has 3 rings (SSSR count). The molecular formula is C25H24ClF5N2O4. The van der Waals surface area contributed by atoms with Crippen LogP contribution < -0.4 is 5.32 Å². The Morgan fingerprint density at radius 1 is 1.08 bits per heavy atom. The zero-order valence-electron chi connectivity index (χ0n) is 19.9. The number of nitrogens with zero attached hydrogens (tertiary/aromatic N) is 1. The Kier molecular flexibility index (Phi) is 8.94. The third-order valence-corrected chi connectivity index (χ3v) is 6.19. The summed E-state index contributed by atoms with van der Waals surface area (Å²) >= 11 is 5.99. The fraction of sp³-hybridized carbons (Fsp3) is 0.400. The third kappa shape index (κ3) is 6.56. The van der Waals surface area contributed by atoms with Crippen molar-refractivity contribution in [3.63, 3.8) is 0 Å². The second-order valence-electron chi connectivity index (χ2n) is 9.71. The fourth-order valence-corrected chi connectivity index (χ4v) is 4.66. The number of carboxylic acid groups (broad SMARTS) is 2. The molecule has 0 unspecified atom stereocenters. The summed E-state index contributed by atoms with van der Waals surface area (Å²) in [5.41, 5.74) is -1.23. The number of rotatable bonds is 4. The van der Waals surface area contributed by atoms with E-state index in [9.17, 15) is 32.7 Å². The van der Waals surface area contributed by atoms with Crippen molar-refractivity contribution in [1.82, 2.24) is 5.32 Å². The first-order valence-corrected chi connectivity index (χ1v) is 11.2. The Hall–Kier alpha value is -3.23. The van der Waals surface area contributed by atoms with Crippen LogP contribution in [0.5, 0.6) is 0 Å². The van der Waals surface area contributed by atoms with E-state index in [-0.39, 0.29) is 16.0 Å². The van der Waals surface area contributed by atoms with Crippen molar-refractivity contribution in [2.24, 2.45) is 5.41 Å². The minimum Gasteiger partial charge on any atom is -0.480 e. The van der Waals surface area contributed by atoms with E-state index in [1.54, 1.807) is 0 Å². The zero-order valence-corrected chi connectivity index (χ0v) is 20.7. The molecule has 6 nitrogen and oxygen atoms in total. The number of halogens is 6. The fourth-order valence-electron chi connectivity index (χ4n) is 4.47. The van der Waals surface area contributed by atoms with E-state index in [0.717, 1.165) is 0 Å². The number of hydrogen-bond donors (Lipinski definition) is 3. The molecule has 4 atom stereocenters. The maximum atomic E-state index is 15.1. The largest absolute Gasteiger partial charge is 0.490 e. The molecule has 3 N–H and O–H groups in total. The first-order chi connectivity index (χ1) is 17.0. The van der Waals surface area contributed by atoms with Gasteiger partial charge in [0.1, 0.15) is 23.1 Å². The second kappa shape index (κ2) is 11.0. The monoisotopic (exact) mass is 546 g/mol. The highest BCUT2D eigenvalue weighted by atomic mass is 35.5. The van der Waals surface area contributed by atoms with Crippen LogP contribution in [0.2, 0.25) is 5.02 Å². The molecule has 0 radical (unpaired) electrons. The molecule has 37 heavy (non-hydrogen) atoms. The van der Waals surface area contributed by atoms with Crippen molar-refractivity contribution in [3.8, 4) is 6.07 Å². The van der Waals surface area contributed by atoms with Gasteiger partial charge in [-0.1, -0.05) is 56.6 Å². The van der Waals surface area contributed by atoms with E-state index in [1.165, 1.54) is 42.5 Å². The molecule has 2 aromatic rings. The van der Waals surface area contributed by atoms with Crippen molar-refractivity contribution in [2.45, 2.75) is 56.8 Å². The van der Waals surface area contributed by atoms with E-state index in [2.05, 4.69) is 11.4 Å². The van der Waals surface area contributed by atoms with E-state index in [4.69, 9.17) is 21.5 Å². The molecule has 0 amide bonds. The number of alkyl halides is 3. The molecule has 200 valence electrons. The highest BCUT2D eigenvalue weighted by Gasteiger charge is 2.60. The van der Waals surface area contributed by atoms with Gasteiger partial charge in [-0.05, 0) is 41.2 Å². The van der Waals surface area contributed by atoms with Gasteiger partial charge in [0.2, 0.25) is 0 Å². The Morgan fingerprint density at radius 2 is 1.62 bits per heavy atom. The molecular weight excluding hydrogens is 523 g/mol. The highest BCUT2D eigenvalue weighted by Crippen LogP contribution is 2.51. The number of aliphatic carboxylic acids is 2. The molecule has 0 spiro atoms. The predicted molar refractivity (Wildman–Crippen MR) is 124 cm³/mol. The van der Waals surface area contributed by atoms with E-state index >= 15 is 4.39 Å². The zero-order chi connectivity index (χ0) is 28.3. The number of carboxylic acids is 2. The maximum absolute atomic E-state index is 15.1. The van der Waals surface area contributed by atoms with Crippen molar-refractivity contribution in [1.29, 1.82) is 5.26 Å². The molecule has 2 aromatic carbocycles. The van der Waals surface area contributed by atoms with Gasteiger partial charge in [0.25, 0.3) is 0 Å². The SMILES string of the molecule is CC(C)(C)C[C@@H]1N[C@@H](C(=O)O)[C@H](c2cccc(Cl)c2F)[C@@]1(C#N)c1ccc(F)cc1.O=C(O)C(F)(F)F. The summed E-state index contributed by atoms with van der Waals surface area (Å²) in [6.07, 6.45) is -4.64. The summed E-state index contributed by atoms with van der Waals surface area (Å²) in [6, 6.07) is 10.2. The van der Waals surface area contributed by atoms with Crippen LogP contribution in [0, 0.1) is 28.4 Å². The van der Waals surface area contributed by atoms with E-state index in [0.29, 0.717) is 12.0 Å². The van der Waals surface area contributed by atoms with Crippen LogP contribution in [-0.2, 0) is 15.0 Å². The third-order valence-electron chi connectivity index (χ3n) is 5.90. The topological polar surface area (TPSA) is 110 Å². The summed E-state index contributed by atoms with van der Waals surface area (Å²) in [6.45, 7) is 5.93. The predicted octanol–water partition coefficient (Wildman–Crippen LogP) is 5.66. The van der Waals surface area contributed by atoms with Crippen LogP contribution in [0.25, 0.3) is 0 Å². The second-order valence-corrected chi connectivity index (χ2v) is 10.1. The van der Waals surface area contributed by atoms with E-state index in [1.807, 2.05) is 20.8 Å². The summed E-state index contributed by atoms with van der Waals surface area (Å²) in [5, 5.41) is 30.5. The smallest absolute Gasteiger partial charge is 0.480 e. The van der Waals surface area contributed by atoms with Crippen LogP contribution in [-0.4, -0.2) is 40.4 Å². The Labute approximate surface area is 214 Å². The number of hydrogen-bond acceptors (Lipinski definition) is 4. The van der Waals surface area contributed by atoms with E-state index < -0.39 is 53.2 Å². The lowest BCUT2D eigenvalue weighted by molar-refractivity contribution is -0.192. The molecule has 0 saturated carbocycles. The molecule has 0 bridgehead atoms.